The SMILES string of the molecule is COc1ccccc1CC(=O)NNC(=O)CC12CC3CC(CC(C3)C1)C2. The molecule has 0 atom stereocenters. The van der Waals surface area contributed by atoms with Crippen molar-refractivity contribution in [1.82, 2.24) is 10.9 Å². The van der Waals surface area contributed by atoms with Crippen LogP contribution in [0, 0.1) is 23.2 Å². The minimum absolute atomic E-state index is 0.0553. The average molecular weight is 356 g/mol. The van der Waals surface area contributed by atoms with Crippen LogP contribution in [-0.2, 0) is 16.0 Å². The van der Waals surface area contributed by atoms with Crippen molar-refractivity contribution in [2.24, 2.45) is 23.2 Å². The maximum Gasteiger partial charge on any atom is 0.242 e. The Kier molecular flexibility index (Phi) is 4.63. The van der Waals surface area contributed by atoms with Gasteiger partial charge in [-0.25, -0.2) is 0 Å². The lowest BCUT2D eigenvalue weighted by molar-refractivity contribution is -0.134. The fourth-order valence-electron chi connectivity index (χ4n) is 6.10. The highest BCUT2D eigenvalue weighted by Gasteiger charge is 2.51. The van der Waals surface area contributed by atoms with Gasteiger partial charge in [-0.15, -0.1) is 0 Å². The third-order valence-corrected chi connectivity index (χ3v) is 6.59. The predicted molar refractivity (Wildman–Crippen MR) is 98.2 cm³/mol. The first kappa shape index (κ1) is 17.4. The summed E-state index contributed by atoms with van der Waals surface area (Å²) in [6, 6.07) is 7.42. The molecule has 1 aromatic rings. The molecule has 4 saturated carbocycles. The number of nitrogens with one attached hydrogen (secondary N) is 2. The van der Waals surface area contributed by atoms with Gasteiger partial charge in [-0.2, -0.15) is 0 Å². The number of carbonyl (C=O) groups is 2. The van der Waals surface area contributed by atoms with Crippen LogP contribution in [0.2, 0.25) is 0 Å². The number of para-hydroxylation sites is 1. The Hall–Kier alpha value is -2.04. The lowest BCUT2D eigenvalue weighted by Crippen LogP contribution is -2.50. The smallest absolute Gasteiger partial charge is 0.242 e. The van der Waals surface area contributed by atoms with E-state index in [0.29, 0.717) is 12.2 Å². The molecule has 4 aliphatic rings. The van der Waals surface area contributed by atoms with Crippen molar-refractivity contribution in [2.75, 3.05) is 7.11 Å². The Labute approximate surface area is 154 Å². The predicted octanol–water partition coefficient (Wildman–Crippen LogP) is 2.99. The van der Waals surface area contributed by atoms with Crippen LogP contribution in [0.3, 0.4) is 0 Å². The minimum atomic E-state index is -0.228. The largest absolute Gasteiger partial charge is 0.496 e. The molecule has 5 rings (SSSR count). The highest BCUT2D eigenvalue weighted by Crippen LogP contribution is 2.61. The zero-order valence-corrected chi connectivity index (χ0v) is 15.4. The maximum atomic E-state index is 12.5. The molecule has 4 bridgehead atoms. The molecule has 0 unspecified atom stereocenters. The normalized spacial score (nSPS) is 31.5. The van der Waals surface area contributed by atoms with Crippen molar-refractivity contribution in [3.63, 3.8) is 0 Å². The molecule has 1 aromatic carbocycles. The number of rotatable bonds is 5. The number of ether oxygens (including phenoxy) is 1. The number of benzene rings is 1. The minimum Gasteiger partial charge on any atom is -0.496 e. The number of amides is 2. The summed E-state index contributed by atoms with van der Waals surface area (Å²) in [4.78, 5) is 24.6. The quantitative estimate of drug-likeness (QED) is 0.797. The Morgan fingerprint density at radius 2 is 1.58 bits per heavy atom. The second-order valence-corrected chi connectivity index (χ2v) is 8.68. The molecular weight excluding hydrogens is 328 g/mol. The molecule has 2 N–H and O–H groups in total. The third kappa shape index (κ3) is 3.57. The molecule has 5 heteroatoms. The number of carbonyl (C=O) groups excluding carboxylic acids is 2. The summed E-state index contributed by atoms with van der Waals surface area (Å²) in [5.74, 6) is 2.88. The lowest BCUT2D eigenvalue weighted by Gasteiger charge is -2.56. The van der Waals surface area contributed by atoms with Crippen molar-refractivity contribution in [3.05, 3.63) is 29.8 Å². The number of hydrogen-bond donors (Lipinski definition) is 2. The molecule has 0 aliphatic heterocycles. The van der Waals surface area contributed by atoms with E-state index in [9.17, 15) is 9.59 Å². The molecule has 0 radical (unpaired) electrons. The van der Waals surface area contributed by atoms with Crippen molar-refractivity contribution >= 4 is 11.8 Å². The summed E-state index contributed by atoms with van der Waals surface area (Å²) >= 11 is 0. The summed E-state index contributed by atoms with van der Waals surface area (Å²) in [6.07, 6.45) is 8.43. The van der Waals surface area contributed by atoms with Crippen LogP contribution in [0.25, 0.3) is 0 Å². The molecule has 0 heterocycles. The molecule has 2 amide bonds. The van der Waals surface area contributed by atoms with Gasteiger partial charge in [0.1, 0.15) is 5.75 Å². The van der Waals surface area contributed by atoms with E-state index in [1.807, 2.05) is 24.3 Å². The molecule has 0 spiro atoms. The topological polar surface area (TPSA) is 67.4 Å². The first-order chi connectivity index (χ1) is 12.5. The van der Waals surface area contributed by atoms with Gasteiger partial charge in [0.25, 0.3) is 0 Å². The van der Waals surface area contributed by atoms with Crippen LogP contribution in [0.1, 0.15) is 50.5 Å². The van der Waals surface area contributed by atoms with Gasteiger partial charge in [0, 0.05) is 12.0 Å². The molecule has 0 aromatic heterocycles. The number of hydrazine groups is 1. The van der Waals surface area contributed by atoms with Crippen LogP contribution < -0.4 is 15.6 Å². The van der Waals surface area contributed by atoms with E-state index < -0.39 is 0 Å². The van der Waals surface area contributed by atoms with Crippen LogP contribution in [0.15, 0.2) is 24.3 Å². The second-order valence-electron chi connectivity index (χ2n) is 8.68. The Balaban J connectivity index is 1.28. The second kappa shape index (κ2) is 6.93. The van der Waals surface area contributed by atoms with Crippen LogP contribution in [0.4, 0.5) is 0 Å². The molecule has 0 saturated heterocycles. The summed E-state index contributed by atoms with van der Waals surface area (Å²) in [6.45, 7) is 0. The fraction of sp³-hybridized carbons (Fsp3) is 0.619. The zero-order chi connectivity index (χ0) is 18.1. The van der Waals surface area contributed by atoms with Gasteiger partial charge in [-0.3, -0.25) is 20.4 Å². The van der Waals surface area contributed by atoms with Gasteiger partial charge in [0.05, 0.1) is 13.5 Å². The van der Waals surface area contributed by atoms with Gasteiger partial charge in [0.2, 0.25) is 11.8 Å². The van der Waals surface area contributed by atoms with Gasteiger partial charge in [0.15, 0.2) is 0 Å². The Morgan fingerprint density at radius 3 is 2.19 bits per heavy atom. The standard InChI is InChI=1S/C21H28N2O3/c1-26-18-5-3-2-4-17(18)9-19(24)22-23-20(25)13-21-10-14-6-15(11-21)8-16(7-14)12-21/h2-5,14-16H,6-13H2,1H3,(H,22,24)(H,23,25). The van der Waals surface area contributed by atoms with E-state index in [0.717, 1.165) is 23.3 Å². The van der Waals surface area contributed by atoms with E-state index in [1.54, 1.807) is 7.11 Å². The molecule has 4 aliphatic carbocycles. The Bertz CT molecular complexity index is 665. The number of hydrogen-bond acceptors (Lipinski definition) is 3. The monoisotopic (exact) mass is 356 g/mol. The highest BCUT2D eigenvalue weighted by atomic mass is 16.5. The summed E-state index contributed by atoms with van der Waals surface area (Å²) < 4.78 is 5.26. The summed E-state index contributed by atoms with van der Waals surface area (Å²) in [5.41, 5.74) is 6.20. The first-order valence-corrected chi connectivity index (χ1v) is 9.75. The van der Waals surface area contributed by atoms with Crippen LogP contribution >= 0.6 is 0 Å². The van der Waals surface area contributed by atoms with E-state index in [2.05, 4.69) is 10.9 Å². The van der Waals surface area contributed by atoms with Crippen molar-refractivity contribution < 1.29 is 14.3 Å². The van der Waals surface area contributed by atoms with Gasteiger partial charge >= 0.3 is 0 Å². The molecule has 4 fully saturated rings. The number of methoxy groups -OCH3 is 1. The van der Waals surface area contributed by atoms with E-state index >= 15 is 0 Å². The molecule has 5 nitrogen and oxygen atoms in total. The van der Waals surface area contributed by atoms with E-state index in [-0.39, 0.29) is 23.7 Å². The summed E-state index contributed by atoms with van der Waals surface area (Å²) in [5, 5.41) is 0. The Morgan fingerprint density at radius 1 is 1.00 bits per heavy atom. The molecular formula is C21H28N2O3. The van der Waals surface area contributed by atoms with Crippen molar-refractivity contribution in [2.45, 2.75) is 51.4 Å². The average Bonchev–Trinajstić information content (AvgIpc) is 2.59. The van der Waals surface area contributed by atoms with E-state index in [1.165, 1.54) is 38.5 Å². The zero-order valence-electron chi connectivity index (χ0n) is 15.4. The summed E-state index contributed by atoms with van der Waals surface area (Å²) in [7, 11) is 1.59. The highest BCUT2D eigenvalue weighted by molar-refractivity contribution is 5.83. The van der Waals surface area contributed by atoms with Crippen molar-refractivity contribution in [1.29, 1.82) is 0 Å². The van der Waals surface area contributed by atoms with Gasteiger partial charge in [-0.1, -0.05) is 18.2 Å². The maximum absolute atomic E-state index is 12.5. The van der Waals surface area contributed by atoms with E-state index in [4.69, 9.17) is 4.74 Å². The molecule has 140 valence electrons. The fourth-order valence-corrected chi connectivity index (χ4v) is 6.10. The molecule has 26 heavy (non-hydrogen) atoms. The van der Waals surface area contributed by atoms with Crippen molar-refractivity contribution in [3.8, 4) is 5.75 Å². The van der Waals surface area contributed by atoms with Gasteiger partial charge in [-0.05, 0) is 67.8 Å². The van der Waals surface area contributed by atoms with Gasteiger partial charge < -0.3 is 4.74 Å². The van der Waals surface area contributed by atoms with Crippen LogP contribution in [-0.4, -0.2) is 18.9 Å². The lowest BCUT2D eigenvalue weighted by atomic mass is 9.49. The third-order valence-electron chi connectivity index (χ3n) is 6.59. The first-order valence-electron chi connectivity index (χ1n) is 9.75. The van der Waals surface area contributed by atoms with Crippen LogP contribution in [0.5, 0.6) is 5.75 Å².